The zero-order valence-electron chi connectivity index (χ0n) is 15.7. The van der Waals surface area contributed by atoms with Crippen LogP contribution in [0.2, 0.25) is 0 Å². The molecule has 2 N–H and O–H groups in total. The summed E-state index contributed by atoms with van der Waals surface area (Å²) in [6.07, 6.45) is 11.4. The van der Waals surface area contributed by atoms with E-state index in [-0.39, 0.29) is 5.91 Å². The van der Waals surface area contributed by atoms with Crippen molar-refractivity contribution >= 4 is 17.5 Å². The number of benzene rings is 1. The highest BCUT2D eigenvalue weighted by Gasteiger charge is 2.11. The van der Waals surface area contributed by atoms with Crippen molar-refractivity contribution in [2.24, 2.45) is 0 Å². The van der Waals surface area contributed by atoms with Crippen LogP contribution >= 0.6 is 0 Å². The van der Waals surface area contributed by atoms with Crippen LogP contribution in [0.15, 0.2) is 48.3 Å². The molecule has 6 heteroatoms. The standard InChI is InChI=1S/C21H26N4O2/c1-2-27-19-11-7-6-10-18(19)25-20(26)17-14-23-21(24-15-17)22-13-12-16-8-4-3-5-9-16/h6-8,10-11,14-15H,2-5,9,12-13H2,1H3,(H,25,26)(H,22,23,24). The molecule has 27 heavy (non-hydrogen) atoms. The van der Waals surface area contributed by atoms with Crippen molar-refractivity contribution in [3.63, 3.8) is 0 Å². The van der Waals surface area contributed by atoms with Crippen LogP contribution in [-0.2, 0) is 0 Å². The van der Waals surface area contributed by atoms with E-state index in [1.165, 1.54) is 43.7 Å². The predicted molar refractivity (Wildman–Crippen MR) is 107 cm³/mol. The number of amides is 1. The van der Waals surface area contributed by atoms with Crippen molar-refractivity contribution < 1.29 is 9.53 Å². The molecule has 1 aromatic heterocycles. The lowest BCUT2D eigenvalue weighted by molar-refractivity contribution is 0.102. The molecule has 0 aliphatic heterocycles. The number of allylic oxidation sites excluding steroid dienone is 1. The number of carbonyl (C=O) groups excluding carboxylic acids is 1. The smallest absolute Gasteiger partial charge is 0.258 e. The summed E-state index contributed by atoms with van der Waals surface area (Å²) in [4.78, 5) is 20.9. The van der Waals surface area contributed by atoms with Gasteiger partial charge in [0.1, 0.15) is 5.75 Å². The molecule has 6 nitrogen and oxygen atoms in total. The summed E-state index contributed by atoms with van der Waals surface area (Å²) in [5, 5.41) is 6.06. The Balaban J connectivity index is 1.53. The summed E-state index contributed by atoms with van der Waals surface area (Å²) < 4.78 is 5.53. The number of rotatable bonds is 8. The number of para-hydroxylation sites is 2. The van der Waals surface area contributed by atoms with Crippen LogP contribution in [0, 0.1) is 0 Å². The van der Waals surface area contributed by atoms with E-state index in [0.717, 1.165) is 13.0 Å². The number of nitrogens with zero attached hydrogens (tertiary/aromatic N) is 2. The van der Waals surface area contributed by atoms with E-state index >= 15 is 0 Å². The minimum Gasteiger partial charge on any atom is -0.492 e. The molecule has 0 saturated carbocycles. The first-order chi connectivity index (χ1) is 13.3. The molecule has 3 rings (SSSR count). The Bertz CT molecular complexity index is 787. The Labute approximate surface area is 160 Å². The van der Waals surface area contributed by atoms with Crippen LogP contribution in [0.5, 0.6) is 5.75 Å². The van der Waals surface area contributed by atoms with Crippen LogP contribution in [0.3, 0.4) is 0 Å². The number of hydrogen-bond acceptors (Lipinski definition) is 5. The van der Waals surface area contributed by atoms with Crippen molar-refractivity contribution in [3.05, 3.63) is 53.9 Å². The Morgan fingerprint density at radius 2 is 2.00 bits per heavy atom. The molecule has 0 atom stereocenters. The Kier molecular flexibility index (Phi) is 6.79. The molecule has 1 aromatic carbocycles. The van der Waals surface area contributed by atoms with Crippen LogP contribution in [0.25, 0.3) is 0 Å². The average Bonchev–Trinajstić information content (AvgIpc) is 2.71. The molecular weight excluding hydrogens is 340 g/mol. The molecule has 0 saturated heterocycles. The molecule has 1 amide bonds. The zero-order chi connectivity index (χ0) is 18.9. The molecule has 0 radical (unpaired) electrons. The van der Waals surface area contributed by atoms with Gasteiger partial charge in [-0.25, -0.2) is 9.97 Å². The maximum atomic E-state index is 12.4. The lowest BCUT2D eigenvalue weighted by Gasteiger charge is -2.13. The van der Waals surface area contributed by atoms with Gasteiger partial charge in [-0.1, -0.05) is 23.8 Å². The molecule has 2 aromatic rings. The molecule has 142 valence electrons. The zero-order valence-corrected chi connectivity index (χ0v) is 15.7. The van der Waals surface area contributed by atoms with Gasteiger partial charge in [-0.05, 0) is 51.2 Å². The van der Waals surface area contributed by atoms with Crippen LogP contribution in [0.1, 0.15) is 49.4 Å². The summed E-state index contributed by atoms with van der Waals surface area (Å²) >= 11 is 0. The van der Waals surface area contributed by atoms with Gasteiger partial charge < -0.3 is 15.4 Å². The minimum atomic E-state index is -0.263. The average molecular weight is 366 g/mol. The van der Waals surface area contributed by atoms with Gasteiger partial charge in [-0.3, -0.25) is 4.79 Å². The third kappa shape index (κ3) is 5.54. The van der Waals surface area contributed by atoms with Crippen molar-refractivity contribution in [2.45, 2.75) is 39.0 Å². The van der Waals surface area contributed by atoms with Gasteiger partial charge >= 0.3 is 0 Å². The topological polar surface area (TPSA) is 76.1 Å². The van der Waals surface area contributed by atoms with Gasteiger partial charge in [0, 0.05) is 18.9 Å². The fourth-order valence-electron chi connectivity index (χ4n) is 3.05. The van der Waals surface area contributed by atoms with Crippen LogP contribution < -0.4 is 15.4 Å². The summed E-state index contributed by atoms with van der Waals surface area (Å²) in [6, 6.07) is 7.35. The van der Waals surface area contributed by atoms with Crippen molar-refractivity contribution in [1.82, 2.24) is 9.97 Å². The van der Waals surface area contributed by atoms with Crippen molar-refractivity contribution in [2.75, 3.05) is 23.8 Å². The maximum Gasteiger partial charge on any atom is 0.258 e. The summed E-state index contributed by atoms with van der Waals surface area (Å²) in [6.45, 7) is 3.25. The molecule has 1 aliphatic rings. The first-order valence-electron chi connectivity index (χ1n) is 9.53. The molecule has 1 heterocycles. The summed E-state index contributed by atoms with van der Waals surface area (Å²) in [5.41, 5.74) is 2.55. The van der Waals surface area contributed by atoms with E-state index in [1.54, 1.807) is 6.07 Å². The SMILES string of the molecule is CCOc1ccccc1NC(=O)c1cnc(NCCC2=CCCCC2)nc1. The lowest BCUT2D eigenvalue weighted by atomic mass is 9.97. The lowest BCUT2D eigenvalue weighted by Crippen LogP contribution is -2.14. The Morgan fingerprint density at radius 1 is 1.19 bits per heavy atom. The van der Waals surface area contributed by atoms with E-state index < -0.39 is 0 Å². The first kappa shape index (κ1) is 18.9. The third-order valence-corrected chi connectivity index (χ3v) is 4.46. The van der Waals surface area contributed by atoms with Gasteiger partial charge in [0.25, 0.3) is 5.91 Å². The first-order valence-corrected chi connectivity index (χ1v) is 9.53. The number of anilines is 2. The van der Waals surface area contributed by atoms with E-state index in [0.29, 0.717) is 29.6 Å². The fourth-order valence-corrected chi connectivity index (χ4v) is 3.05. The predicted octanol–water partition coefficient (Wildman–Crippen LogP) is 4.43. The number of aromatic nitrogens is 2. The fraction of sp³-hybridized carbons (Fsp3) is 0.381. The number of nitrogens with one attached hydrogen (secondary N) is 2. The highest BCUT2D eigenvalue weighted by molar-refractivity contribution is 6.04. The van der Waals surface area contributed by atoms with Crippen molar-refractivity contribution in [3.8, 4) is 5.75 Å². The van der Waals surface area contributed by atoms with Crippen molar-refractivity contribution in [1.29, 1.82) is 0 Å². The second-order valence-electron chi connectivity index (χ2n) is 6.46. The van der Waals surface area contributed by atoms with Gasteiger partial charge in [0.05, 0.1) is 17.9 Å². The monoisotopic (exact) mass is 366 g/mol. The second kappa shape index (κ2) is 9.71. The van der Waals surface area contributed by atoms with Crippen LogP contribution in [0.4, 0.5) is 11.6 Å². The van der Waals surface area contributed by atoms with E-state index in [1.807, 2.05) is 25.1 Å². The van der Waals surface area contributed by atoms with Gasteiger partial charge in [-0.15, -0.1) is 0 Å². The van der Waals surface area contributed by atoms with Gasteiger partial charge in [0.2, 0.25) is 5.95 Å². The molecule has 0 unspecified atom stereocenters. The normalized spacial score (nSPS) is 13.6. The Morgan fingerprint density at radius 3 is 2.74 bits per heavy atom. The minimum absolute atomic E-state index is 0.263. The number of hydrogen-bond donors (Lipinski definition) is 2. The highest BCUT2D eigenvalue weighted by Crippen LogP contribution is 2.24. The number of ether oxygens (including phenoxy) is 1. The second-order valence-corrected chi connectivity index (χ2v) is 6.46. The summed E-state index contributed by atoms with van der Waals surface area (Å²) in [7, 11) is 0. The summed E-state index contributed by atoms with van der Waals surface area (Å²) in [5.74, 6) is 0.920. The van der Waals surface area contributed by atoms with Gasteiger partial charge in [0.15, 0.2) is 0 Å². The molecule has 0 spiro atoms. The van der Waals surface area contributed by atoms with E-state index in [4.69, 9.17) is 4.74 Å². The van der Waals surface area contributed by atoms with E-state index in [2.05, 4.69) is 26.7 Å². The third-order valence-electron chi connectivity index (χ3n) is 4.46. The Hall–Kier alpha value is -2.89. The highest BCUT2D eigenvalue weighted by atomic mass is 16.5. The van der Waals surface area contributed by atoms with Crippen LogP contribution in [-0.4, -0.2) is 29.0 Å². The van der Waals surface area contributed by atoms with Gasteiger partial charge in [-0.2, -0.15) is 0 Å². The quantitative estimate of drug-likeness (QED) is 0.676. The largest absolute Gasteiger partial charge is 0.492 e. The molecule has 0 fully saturated rings. The molecule has 1 aliphatic carbocycles. The molecular formula is C21H26N4O2. The maximum absolute atomic E-state index is 12.4. The number of carbonyl (C=O) groups is 1. The molecule has 0 bridgehead atoms. The van der Waals surface area contributed by atoms with E-state index in [9.17, 15) is 4.79 Å².